The van der Waals surface area contributed by atoms with Crippen LogP contribution in [0.3, 0.4) is 0 Å². The van der Waals surface area contributed by atoms with Gasteiger partial charge < -0.3 is 23.4 Å². The van der Waals surface area contributed by atoms with E-state index in [0.29, 0.717) is 17.1 Å². The van der Waals surface area contributed by atoms with Gasteiger partial charge in [-0.3, -0.25) is 0 Å². The van der Waals surface area contributed by atoms with Crippen LogP contribution >= 0.6 is 0 Å². The van der Waals surface area contributed by atoms with Crippen LogP contribution in [0.1, 0.15) is 69.7 Å². The normalized spacial score (nSPS) is 12.0. The Kier molecular flexibility index (Phi) is 7.70. The second-order valence-corrected chi connectivity index (χ2v) is 12.0. The summed E-state index contributed by atoms with van der Waals surface area (Å²) < 4.78 is 15.7. The fraction of sp³-hybridized carbons (Fsp3) is 0.316. The van der Waals surface area contributed by atoms with Crippen molar-refractivity contribution in [1.82, 2.24) is 9.55 Å². The molecule has 7 aromatic rings. The lowest BCUT2D eigenvalue weighted by Gasteiger charge is -2.24. The van der Waals surface area contributed by atoms with Crippen LogP contribution in [0.2, 0.25) is 0 Å². The number of fused-ring (bicyclic) bond motifs is 10. The molecule has 3 heterocycles. The summed E-state index contributed by atoms with van der Waals surface area (Å²) in [7, 11) is 0. The van der Waals surface area contributed by atoms with E-state index >= 15 is 0 Å². The summed E-state index contributed by atoms with van der Waals surface area (Å²) in [6, 6.07) is 21.9. The van der Waals surface area contributed by atoms with Gasteiger partial charge in [0.2, 0.25) is 11.5 Å². The number of unbranched alkanes of at least 4 members (excludes halogenated alkanes) is 3. The molecule has 4 aromatic carbocycles. The highest BCUT2D eigenvalue weighted by molar-refractivity contribution is 6.34. The van der Waals surface area contributed by atoms with Crippen LogP contribution < -0.4 is 4.90 Å². The highest BCUT2D eigenvalue weighted by Crippen LogP contribution is 2.46. The molecular weight excluding hydrogens is 562 g/mol. The first kappa shape index (κ1) is 29.0. The molecule has 0 aliphatic rings. The molecular formula is C38H39N3O4. The number of benzene rings is 4. The van der Waals surface area contributed by atoms with Crippen LogP contribution in [-0.2, 0) is 6.54 Å². The largest absolute Gasteiger partial charge is 0.478 e. The summed E-state index contributed by atoms with van der Waals surface area (Å²) in [5.41, 5.74) is 7.23. The highest BCUT2D eigenvalue weighted by atomic mass is 16.4. The van der Waals surface area contributed by atoms with E-state index in [2.05, 4.69) is 72.7 Å². The lowest BCUT2D eigenvalue weighted by atomic mass is 10.0. The average Bonchev–Trinajstić information content (AvgIpc) is 3.75. The Morgan fingerprint density at radius 3 is 2.27 bits per heavy atom. The highest BCUT2D eigenvalue weighted by Gasteiger charge is 2.26. The van der Waals surface area contributed by atoms with Gasteiger partial charge in [-0.25, -0.2) is 9.78 Å². The molecule has 0 bridgehead atoms. The second kappa shape index (κ2) is 12.0. The first-order valence-corrected chi connectivity index (χ1v) is 16.3. The lowest BCUT2D eigenvalue weighted by molar-refractivity contribution is 0.0697. The summed E-state index contributed by atoms with van der Waals surface area (Å²) >= 11 is 0. The molecule has 7 nitrogen and oxygen atoms in total. The monoisotopic (exact) mass is 601 g/mol. The van der Waals surface area contributed by atoms with Crippen molar-refractivity contribution in [3.63, 3.8) is 0 Å². The van der Waals surface area contributed by atoms with Crippen LogP contribution in [0.4, 0.5) is 5.69 Å². The number of aromatic carboxylic acids is 1. The van der Waals surface area contributed by atoms with E-state index in [1.54, 1.807) is 24.3 Å². The third-order valence-corrected chi connectivity index (χ3v) is 8.99. The van der Waals surface area contributed by atoms with Crippen LogP contribution in [-0.4, -0.2) is 33.7 Å². The number of anilines is 1. The molecule has 0 amide bonds. The maximum atomic E-state index is 11.5. The van der Waals surface area contributed by atoms with Gasteiger partial charge in [0.25, 0.3) is 0 Å². The Morgan fingerprint density at radius 1 is 0.822 bits per heavy atom. The Hall–Kier alpha value is -4.78. The number of carboxylic acids is 1. The van der Waals surface area contributed by atoms with Crippen LogP contribution in [0, 0.1) is 0 Å². The number of hydrogen-bond donors (Lipinski definition) is 1. The molecule has 0 atom stereocenters. The third-order valence-electron chi connectivity index (χ3n) is 8.99. The van der Waals surface area contributed by atoms with E-state index in [9.17, 15) is 9.90 Å². The van der Waals surface area contributed by atoms with Crippen molar-refractivity contribution in [1.29, 1.82) is 0 Å². The standard InChI is InChI=1S/C38H39N3O4/c1-4-7-20-40(21-8-5-2)26-18-19-28-30(23-26)44-35-32(28)31-27-12-10-11-13-29(27)41(22-9-6-3)34(31)33-36(35)45-37(39-33)24-14-16-25(17-15-24)38(42)43/h10-19,23H,4-9,20-22H2,1-3H3,(H,42,43). The number of oxazole rings is 1. The molecule has 0 aliphatic heterocycles. The van der Waals surface area contributed by atoms with Crippen molar-refractivity contribution in [2.75, 3.05) is 18.0 Å². The summed E-state index contributed by atoms with van der Waals surface area (Å²) in [5.74, 6) is -0.526. The number of rotatable bonds is 12. The zero-order valence-electron chi connectivity index (χ0n) is 26.2. The quantitative estimate of drug-likeness (QED) is 0.150. The Balaban J connectivity index is 1.54. The summed E-state index contributed by atoms with van der Waals surface area (Å²) in [6.45, 7) is 9.59. The number of nitrogens with zero attached hydrogens (tertiary/aromatic N) is 3. The predicted octanol–water partition coefficient (Wildman–Crippen LogP) is 10.4. The number of aromatic nitrogens is 2. The lowest BCUT2D eigenvalue weighted by Crippen LogP contribution is -2.25. The van der Waals surface area contributed by atoms with Crippen molar-refractivity contribution in [3.8, 4) is 11.5 Å². The summed E-state index contributed by atoms with van der Waals surface area (Å²) in [5, 5.41) is 13.8. The Labute approximate surface area is 262 Å². The van der Waals surface area contributed by atoms with E-state index in [0.717, 1.165) is 96.5 Å². The molecule has 0 saturated heterocycles. The number of hydrogen-bond acceptors (Lipinski definition) is 5. The molecule has 0 unspecified atom stereocenters. The predicted molar refractivity (Wildman–Crippen MR) is 184 cm³/mol. The van der Waals surface area contributed by atoms with Gasteiger partial charge in [0.1, 0.15) is 11.1 Å². The van der Waals surface area contributed by atoms with Gasteiger partial charge >= 0.3 is 5.97 Å². The molecule has 3 aromatic heterocycles. The van der Waals surface area contributed by atoms with E-state index in [1.807, 2.05) is 0 Å². The second-order valence-electron chi connectivity index (χ2n) is 12.0. The fourth-order valence-electron chi connectivity index (χ4n) is 6.62. The van der Waals surface area contributed by atoms with Gasteiger partial charge in [-0.05, 0) is 61.7 Å². The molecule has 0 fully saturated rings. The molecule has 1 N–H and O–H groups in total. The van der Waals surface area contributed by atoms with E-state index in [4.69, 9.17) is 13.8 Å². The summed E-state index contributed by atoms with van der Waals surface area (Å²) in [6.07, 6.45) is 6.71. The number of para-hydroxylation sites is 1. The van der Waals surface area contributed by atoms with Crippen molar-refractivity contribution in [3.05, 3.63) is 72.3 Å². The van der Waals surface area contributed by atoms with Crippen LogP contribution in [0.5, 0.6) is 0 Å². The summed E-state index contributed by atoms with van der Waals surface area (Å²) in [4.78, 5) is 19.1. The minimum atomic E-state index is -0.965. The smallest absolute Gasteiger partial charge is 0.335 e. The SMILES string of the molecule is CCCCN(CCCC)c1ccc2c(c1)oc1c3oc(-c4ccc(C(=O)O)cc4)nc3c3c(c4ccccc4n3CCCC)c21. The minimum absolute atomic E-state index is 0.222. The molecule has 230 valence electrons. The first-order valence-electron chi connectivity index (χ1n) is 16.3. The molecule has 0 saturated carbocycles. The molecule has 0 spiro atoms. The number of aryl methyl sites for hydroxylation is 1. The van der Waals surface area contributed by atoms with Crippen molar-refractivity contribution < 1.29 is 18.7 Å². The van der Waals surface area contributed by atoms with Crippen molar-refractivity contribution >= 4 is 66.5 Å². The van der Waals surface area contributed by atoms with E-state index in [-0.39, 0.29) is 5.56 Å². The number of carboxylic acid groups (broad SMARTS) is 1. The zero-order chi connectivity index (χ0) is 31.1. The third kappa shape index (κ3) is 4.91. The average molecular weight is 602 g/mol. The minimum Gasteiger partial charge on any atom is -0.478 e. The van der Waals surface area contributed by atoms with Gasteiger partial charge in [0.15, 0.2) is 5.58 Å². The molecule has 0 radical (unpaired) electrons. The van der Waals surface area contributed by atoms with Crippen LogP contribution in [0.25, 0.3) is 66.3 Å². The van der Waals surface area contributed by atoms with Gasteiger partial charge in [-0.2, -0.15) is 0 Å². The van der Waals surface area contributed by atoms with E-state index in [1.165, 1.54) is 16.6 Å². The zero-order valence-corrected chi connectivity index (χ0v) is 26.2. The van der Waals surface area contributed by atoms with Gasteiger partial charge in [-0.1, -0.05) is 58.2 Å². The first-order chi connectivity index (χ1) is 22.0. The molecule has 7 heteroatoms. The van der Waals surface area contributed by atoms with Crippen molar-refractivity contribution in [2.24, 2.45) is 0 Å². The molecule has 7 rings (SSSR count). The number of furan rings is 1. The maximum Gasteiger partial charge on any atom is 0.335 e. The van der Waals surface area contributed by atoms with Gasteiger partial charge in [0.05, 0.1) is 11.1 Å². The Bertz CT molecular complexity index is 2160. The molecule has 0 aliphatic carbocycles. The van der Waals surface area contributed by atoms with Crippen LogP contribution in [0.15, 0.2) is 75.6 Å². The molecule has 45 heavy (non-hydrogen) atoms. The van der Waals surface area contributed by atoms with Crippen molar-refractivity contribution in [2.45, 2.75) is 65.8 Å². The number of carbonyl (C=O) groups is 1. The Morgan fingerprint density at radius 2 is 1.56 bits per heavy atom. The van der Waals surface area contributed by atoms with Gasteiger partial charge in [-0.15, -0.1) is 0 Å². The van der Waals surface area contributed by atoms with Gasteiger partial charge in [0, 0.05) is 64.0 Å². The topological polar surface area (TPSA) is 84.6 Å². The maximum absolute atomic E-state index is 11.5. The van der Waals surface area contributed by atoms with E-state index < -0.39 is 5.97 Å². The fourth-order valence-corrected chi connectivity index (χ4v) is 6.62.